The van der Waals surface area contributed by atoms with Gasteiger partial charge >= 0.3 is 0 Å². The van der Waals surface area contributed by atoms with Gasteiger partial charge in [0.05, 0.1) is 4.92 Å². The Kier molecular flexibility index (Phi) is 4.78. The summed E-state index contributed by atoms with van der Waals surface area (Å²) in [5.74, 6) is 2.46. The minimum atomic E-state index is -0.395. The van der Waals surface area contributed by atoms with E-state index in [2.05, 4.69) is 0 Å². The maximum atomic E-state index is 12.7. The van der Waals surface area contributed by atoms with Gasteiger partial charge in [-0.2, -0.15) is 0 Å². The molecular formula is C19H24ClN3O3. The molecule has 1 saturated heterocycles. The smallest absolute Gasteiger partial charge is 0.294 e. The molecule has 6 nitrogen and oxygen atoms in total. The van der Waals surface area contributed by atoms with Crippen LogP contribution in [0.4, 0.5) is 11.4 Å². The number of rotatable bonds is 4. The van der Waals surface area contributed by atoms with Gasteiger partial charge in [-0.1, -0.05) is 18.0 Å². The average Bonchev–Trinajstić information content (AvgIpc) is 3.25. The molecule has 0 spiro atoms. The maximum absolute atomic E-state index is 12.7. The Morgan fingerprint density at radius 1 is 1.19 bits per heavy atom. The third kappa shape index (κ3) is 3.39. The zero-order valence-corrected chi connectivity index (χ0v) is 15.5. The molecule has 1 amide bonds. The van der Waals surface area contributed by atoms with Crippen LogP contribution in [-0.4, -0.2) is 41.9 Å². The van der Waals surface area contributed by atoms with Gasteiger partial charge in [-0.15, -0.1) is 0 Å². The predicted octanol–water partition coefficient (Wildman–Crippen LogP) is 3.72. The number of hydrogen-bond acceptors (Lipinski definition) is 4. The van der Waals surface area contributed by atoms with E-state index in [9.17, 15) is 14.9 Å². The minimum absolute atomic E-state index is 0.0271. The van der Waals surface area contributed by atoms with Crippen LogP contribution in [0.15, 0.2) is 18.2 Å². The van der Waals surface area contributed by atoms with Crippen molar-refractivity contribution in [3.05, 3.63) is 33.3 Å². The number of halogens is 1. The fraction of sp³-hybridized carbons (Fsp3) is 0.632. The number of nitro groups is 1. The van der Waals surface area contributed by atoms with Crippen LogP contribution < -0.4 is 4.90 Å². The van der Waals surface area contributed by atoms with Crippen LogP contribution in [0.5, 0.6) is 0 Å². The molecule has 1 heterocycles. The van der Waals surface area contributed by atoms with Gasteiger partial charge in [-0.3, -0.25) is 14.9 Å². The molecule has 1 aromatic rings. The highest BCUT2D eigenvalue weighted by Gasteiger charge is 2.40. The van der Waals surface area contributed by atoms with Crippen molar-refractivity contribution >= 4 is 28.9 Å². The first-order valence-electron chi connectivity index (χ1n) is 9.48. The number of amides is 1. The Balaban J connectivity index is 1.35. The van der Waals surface area contributed by atoms with E-state index in [1.807, 2.05) is 9.80 Å². The topological polar surface area (TPSA) is 66.7 Å². The summed E-state index contributed by atoms with van der Waals surface area (Å²) in [7, 11) is 0. The molecule has 26 heavy (non-hydrogen) atoms. The first kappa shape index (κ1) is 17.6. The van der Waals surface area contributed by atoms with E-state index in [1.165, 1.54) is 31.7 Å². The number of benzene rings is 1. The fourth-order valence-electron chi connectivity index (χ4n) is 5.09. The summed E-state index contributed by atoms with van der Waals surface area (Å²) >= 11 is 5.90. The van der Waals surface area contributed by atoms with E-state index in [4.69, 9.17) is 11.6 Å². The summed E-state index contributed by atoms with van der Waals surface area (Å²) in [4.78, 5) is 27.5. The van der Waals surface area contributed by atoms with Crippen molar-refractivity contribution in [3.8, 4) is 0 Å². The van der Waals surface area contributed by atoms with Gasteiger partial charge < -0.3 is 9.80 Å². The molecule has 2 aliphatic carbocycles. The lowest BCUT2D eigenvalue weighted by molar-refractivity contribution is -0.384. The van der Waals surface area contributed by atoms with E-state index < -0.39 is 4.92 Å². The lowest BCUT2D eigenvalue weighted by Gasteiger charge is -2.36. The SMILES string of the molecule is O=C(C[C@H]1C[C@@H]2CC[C@@H]1C2)N1CCN(c2ccc(Cl)cc2[N+](=O)[O-])CC1. The number of fused-ring (bicyclic) bond motifs is 2. The first-order chi connectivity index (χ1) is 12.5. The molecule has 2 saturated carbocycles. The Hall–Kier alpha value is -1.82. The minimum Gasteiger partial charge on any atom is -0.362 e. The lowest BCUT2D eigenvalue weighted by Crippen LogP contribution is -2.49. The second-order valence-corrected chi connectivity index (χ2v) is 8.33. The molecule has 0 aromatic heterocycles. The molecule has 7 heteroatoms. The molecule has 0 N–H and O–H groups in total. The zero-order valence-electron chi connectivity index (χ0n) is 14.8. The average molecular weight is 378 g/mol. The molecule has 0 radical (unpaired) electrons. The first-order valence-corrected chi connectivity index (χ1v) is 9.85. The summed E-state index contributed by atoms with van der Waals surface area (Å²) in [5, 5.41) is 11.7. The van der Waals surface area contributed by atoms with Gasteiger partial charge in [0.25, 0.3) is 5.69 Å². The Morgan fingerprint density at radius 3 is 2.58 bits per heavy atom. The number of hydrogen-bond donors (Lipinski definition) is 0. The molecule has 3 atom stereocenters. The Morgan fingerprint density at radius 2 is 1.96 bits per heavy atom. The molecule has 0 unspecified atom stereocenters. The molecule has 1 aromatic carbocycles. The number of carbonyl (C=O) groups is 1. The molecular weight excluding hydrogens is 354 g/mol. The van der Waals surface area contributed by atoms with Crippen molar-refractivity contribution in [1.82, 2.24) is 4.90 Å². The van der Waals surface area contributed by atoms with Crippen molar-refractivity contribution in [1.29, 1.82) is 0 Å². The summed E-state index contributed by atoms with van der Waals surface area (Å²) in [5.41, 5.74) is 0.610. The van der Waals surface area contributed by atoms with Crippen molar-refractivity contribution in [2.24, 2.45) is 17.8 Å². The van der Waals surface area contributed by atoms with Crippen LogP contribution in [0.25, 0.3) is 0 Å². The lowest BCUT2D eigenvalue weighted by atomic mass is 9.86. The highest BCUT2D eigenvalue weighted by atomic mass is 35.5. The van der Waals surface area contributed by atoms with Crippen LogP contribution in [0, 0.1) is 27.9 Å². The van der Waals surface area contributed by atoms with E-state index in [1.54, 1.807) is 12.1 Å². The maximum Gasteiger partial charge on any atom is 0.294 e. The van der Waals surface area contributed by atoms with Crippen LogP contribution >= 0.6 is 11.6 Å². The van der Waals surface area contributed by atoms with E-state index in [0.29, 0.717) is 49.2 Å². The second-order valence-electron chi connectivity index (χ2n) is 7.90. The van der Waals surface area contributed by atoms with Gasteiger partial charge in [0, 0.05) is 43.7 Å². The van der Waals surface area contributed by atoms with Crippen LogP contribution in [0.3, 0.4) is 0 Å². The van der Waals surface area contributed by atoms with E-state index >= 15 is 0 Å². The number of anilines is 1. The fourth-order valence-corrected chi connectivity index (χ4v) is 5.25. The summed E-state index contributed by atoms with van der Waals surface area (Å²) in [6, 6.07) is 4.77. The summed E-state index contributed by atoms with van der Waals surface area (Å²) in [6.45, 7) is 2.48. The van der Waals surface area contributed by atoms with Crippen molar-refractivity contribution < 1.29 is 9.72 Å². The second kappa shape index (κ2) is 7.06. The molecule has 2 bridgehead atoms. The Labute approximate surface area is 158 Å². The number of nitrogens with zero attached hydrogens (tertiary/aromatic N) is 3. The van der Waals surface area contributed by atoms with Crippen LogP contribution in [0.2, 0.25) is 5.02 Å². The summed E-state index contributed by atoms with van der Waals surface area (Å²) < 4.78 is 0. The van der Waals surface area contributed by atoms with Crippen LogP contribution in [-0.2, 0) is 4.79 Å². The normalized spacial score (nSPS) is 27.8. The monoisotopic (exact) mass is 377 g/mol. The highest BCUT2D eigenvalue weighted by Crippen LogP contribution is 2.49. The van der Waals surface area contributed by atoms with Gasteiger partial charge in [0.15, 0.2) is 0 Å². The Bertz CT molecular complexity index is 718. The molecule has 1 aliphatic heterocycles. The largest absolute Gasteiger partial charge is 0.362 e. The third-order valence-corrected chi connectivity index (χ3v) is 6.66. The zero-order chi connectivity index (χ0) is 18.3. The number of piperazine rings is 1. The molecule has 3 fully saturated rings. The van der Waals surface area contributed by atoms with Gasteiger partial charge in [-0.05, 0) is 49.1 Å². The molecule has 4 rings (SSSR count). The molecule has 140 valence electrons. The van der Waals surface area contributed by atoms with Crippen LogP contribution in [0.1, 0.15) is 32.1 Å². The quantitative estimate of drug-likeness (QED) is 0.592. The van der Waals surface area contributed by atoms with E-state index in [0.717, 1.165) is 11.8 Å². The van der Waals surface area contributed by atoms with Gasteiger partial charge in [-0.25, -0.2) is 0 Å². The summed E-state index contributed by atoms with van der Waals surface area (Å²) in [6.07, 6.45) is 5.89. The van der Waals surface area contributed by atoms with Crippen molar-refractivity contribution in [3.63, 3.8) is 0 Å². The number of carbonyl (C=O) groups excluding carboxylic acids is 1. The standard InChI is InChI=1S/C19H24ClN3O3/c20-16-3-4-17(18(12-16)23(25)26)21-5-7-22(8-6-21)19(24)11-15-10-13-1-2-14(15)9-13/h3-4,12-15H,1-2,5-11H2/t13-,14-,15-/m1/s1. The molecule has 3 aliphatic rings. The predicted molar refractivity (Wildman–Crippen MR) is 100 cm³/mol. The van der Waals surface area contributed by atoms with Crippen molar-refractivity contribution in [2.75, 3.05) is 31.1 Å². The van der Waals surface area contributed by atoms with Crippen molar-refractivity contribution in [2.45, 2.75) is 32.1 Å². The van der Waals surface area contributed by atoms with Gasteiger partial charge in [0.2, 0.25) is 5.91 Å². The third-order valence-electron chi connectivity index (χ3n) is 6.43. The number of nitro benzene ring substituents is 1. The van der Waals surface area contributed by atoms with Gasteiger partial charge in [0.1, 0.15) is 5.69 Å². The highest BCUT2D eigenvalue weighted by molar-refractivity contribution is 6.30. The van der Waals surface area contributed by atoms with E-state index in [-0.39, 0.29) is 11.6 Å².